The molecule has 2 amide bonds. The van der Waals surface area contributed by atoms with Crippen LogP contribution in [0.15, 0.2) is 54.6 Å². The Morgan fingerprint density at radius 1 is 0.900 bits per heavy atom. The number of anilines is 1. The largest absolute Gasteiger partial charge is 0.454 e. The van der Waals surface area contributed by atoms with Crippen LogP contribution in [0, 0.1) is 17.8 Å². The quantitative estimate of drug-likeness (QED) is 0.431. The molecule has 0 spiro atoms. The molecule has 1 saturated heterocycles. The highest BCUT2D eigenvalue weighted by atomic mass is 16.5. The zero-order chi connectivity index (χ0) is 21.3. The van der Waals surface area contributed by atoms with Crippen molar-refractivity contribution in [2.45, 2.75) is 26.2 Å². The second-order valence-corrected chi connectivity index (χ2v) is 8.06. The number of benzene rings is 2. The molecular weight excluding hydrogens is 382 g/mol. The number of amides is 2. The standard InChI is InChI=1S/C24H23NO5/c1-15-7-12-19-20(13-15)23(28)25(22(19)27)18-10-8-17(9-11-18)24(29)30-14-21(26)16-5-3-2-4-6-16/h2-6,8-11,15,19-20H,7,12-14H2,1H3/t15-,19+,20+/m0/s1. The van der Waals surface area contributed by atoms with Crippen molar-refractivity contribution >= 4 is 29.3 Å². The lowest BCUT2D eigenvalue weighted by molar-refractivity contribution is -0.122. The summed E-state index contributed by atoms with van der Waals surface area (Å²) in [6.45, 7) is 1.76. The molecule has 30 heavy (non-hydrogen) atoms. The maximum absolute atomic E-state index is 12.8. The Labute approximate surface area is 174 Å². The number of rotatable bonds is 5. The first-order chi connectivity index (χ1) is 14.5. The summed E-state index contributed by atoms with van der Waals surface area (Å²) in [5.41, 5.74) is 1.19. The summed E-state index contributed by atoms with van der Waals surface area (Å²) in [4.78, 5) is 51.1. The van der Waals surface area contributed by atoms with Gasteiger partial charge in [-0.1, -0.05) is 37.3 Å². The number of fused-ring (bicyclic) bond motifs is 1. The highest BCUT2D eigenvalue weighted by molar-refractivity contribution is 6.22. The Morgan fingerprint density at radius 2 is 1.57 bits per heavy atom. The van der Waals surface area contributed by atoms with Gasteiger partial charge in [0.05, 0.1) is 23.1 Å². The number of ketones is 1. The smallest absolute Gasteiger partial charge is 0.338 e. The fraction of sp³-hybridized carbons (Fsp3) is 0.333. The molecule has 2 aliphatic rings. The third-order valence-corrected chi connectivity index (χ3v) is 5.98. The summed E-state index contributed by atoms with van der Waals surface area (Å²) in [5, 5.41) is 0. The molecule has 0 radical (unpaired) electrons. The van der Waals surface area contributed by atoms with Crippen LogP contribution in [0.2, 0.25) is 0 Å². The summed E-state index contributed by atoms with van der Waals surface area (Å²) in [6, 6.07) is 14.8. The van der Waals surface area contributed by atoms with Gasteiger partial charge in [-0.2, -0.15) is 0 Å². The van der Waals surface area contributed by atoms with E-state index in [0.29, 0.717) is 17.2 Å². The van der Waals surface area contributed by atoms with E-state index in [4.69, 9.17) is 4.74 Å². The van der Waals surface area contributed by atoms with E-state index in [-0.39, 0.29) is 41.6 Å². The van der Waals surface area contributed by atoms with E-state index >= 15 is 0 Å². The van der Waals surface area contributed by atoms with Gasteiger partial charge in [0.1, 0.15) is 0 Å². The van der Waals surface area contributed by atoms with Crippen LogP contribution in [0.4, 0.5) is 5.69 Å². The molecule has 0 N–H and O–H groups in total. The molecular formula is C24H23NO5. The lowest BCUT2D eigenvalue weighted by Crippen LogP contribution is -2.30. The molecule has 154 valence electrons. The lowest BCUT2D eigenvalue weighted by atomic mass is 9.76. The van der Waals surface area contributed by atoms with E-state index < -0.39 is 5.97 Å². The maximum atomic E-state index is 12.8. The second kappa shape index (κ2) is 8.22. The second-order valence-electron chi connectivity index (χ2n) is 8.06. The molecule has 1 saturated carbocycles. The van der Waals surface area contributed by atoms with Crippen LogP contribution in [-0.4, -0.2) is 30.2 Å². The summed E-state index contributed by atoms with van der Waals surface area (Å²) in [6.07, 6.45) is 2.44. The number of carbonyl (C=O) groups is 4. The van der Waals surface area contributed by atoms with E-state index in [0.717, 1.165) is 19.3 Å². The Bertz CT molecular complexity index is 982. The fourth-order valence-corrected chi connectivity index (χ4v) is 4.31. The van der Waals surface area contributed by atoms with Gasteiger partial charge in [0.25, 0.3) is 0 Å². The lowest BCUT2D eigenvalue weighted by Gasteiger charge is -2.25. The van der Waals surface area contributed by atoms with E-state index in [1.54, 1.807) is 42.5 Å². The first-order valence-electron chi connectivity index (χ1n) is 10.2. The van der Waals surface area contributed by atoms with Crippen molar-refractivity contribution in [2.24, 2.45) is 17.8 Å². The molecule has 4 rings (SSSR count). The fourth-order valence-electron chi connectivity index (χ4n) is 4.31. The highest BCUT2D eigenvalue weighted by Gasteiger charge is 2.49. The van der Waals surface area contributed by atoms with Gasteiger partial charge in [-0.15, -0.1) is 0 Å². The maximum Gasteiger partial charge on any atom is 0.338 e. The molecule has 1 aliphatic heterocycles. The van der Waals surface area contributed by atoms with Crippen LogP contribution in [-0.2, 0) is 14.3 Å². The van der Waals surface area contributed by atoms with Gasteiger partial charge < -0.3 is 4.74 Å². The Kier molecular flexibility index (Phi) is 5.48. The van der Waals surface area contributed by atoms with Gasteiger partial charge in [-0.3, -0.25) is 19.3 Å². The summed E-state index contributed by atoms with van der Waals surface area (Å²) < 4.78 is 5.10. The minimum absolute atomic E-state index is 0.152. The van der Waals surface area contributed by atoms with Crippen LogP contribution in [0.1, 0.15) is 46.9 Å². The van der Waals surface area contributed by atoms with Gasteiger partial charge in [-0.25, -0.2) is 4.79 Å². The molecule has 2 aromatic carbocycles. The van der Waals surface area contributed by atoms with Gasteiger partial charge in [0.2, 0.25) is 11.8 Å². The molecule has 6 nitrogen and oxygen atoms in total. The number of hydrogen-bond acceptors (Lipinski definition) is 5. The SMILES string of the molecule is C[C@H]1CC[C@H]2C(=O)N(c3ccc(C(=O)OCC(=O)c4ccccc4)cc3)C(=O)[C@@H]2C1. The van der Waals surface area contributed by atoms with Crippen molar-refractivity contribution in [3.8, 4) is 0 Å². The average Bonchev–Trinajstić information content (AvgIpc) is 3.02. The van der Waals surface area contributed by atoms with Crippen LogP contribution in [0.25, 0.3) is 0 Å². The number of nitrogens with zero attached hydrogens (tertiary/aromatic N) is 1. The monoisotopic (exact) mass is 405 g/mol. The van der Waals surface area contributed by atoms with Gasteiger partial charge >= 0.3 is 5.97 Å². The Morgan fingerprint density at radius 3 is 2.27 bits per heavy atom. The molecule has 0 bridgehead atoms. The normalized spacial score (nSPS) is 23.2. The molecule has 0 aromatic heterocycles. The Hall–Kier alpha value is -3.28. The molecule has 1 aliphatic carbocycles. The molecule has 6 heteroatoms. The summed E-state index contributed by atoms with van der Waals surface area (Å²) in [5.74, 6) is -1.25. The van der Waals surface area contributed by atoms with E-state index in [9.17, 15) is 19.2 Å². The topological polar surface area (TPSA) is 80.8 Å². The number of Topliss-reactive ketones (excluding diaryl/α,β-unsaturated/α-hetero) is 1. The van der Waals surface area contributed by atoms with Crippen molar-refractivity contribution in [1.29, 1.82) is 0 Å². The minimum atomic E-state index is -0.632. The van der Waals surface area contributed by atoms with Crippen molar-refractivity contribution in [1.82, 2.24) is 0 Å². The van der Waals surface area contributed by atoms with Crippen molar-refractivity contribution in [3.05, 3.63) is 65.7 Å². The van der Waals surface area contributed by atoms with Crippen molar-refractivity contribution in [3.63, 3.8) is 0 Å². The first-order valence-corrected chi connectivity index (χ1v) is 10.2. The van der Waals surface area contributed by atoms with Gasteiger partial charge in [-0.05, 0) is 49.4 Å². The number of imide groups is 1. The zero-order valence-corrected chi connectivity index (χ0v) is 16.7. The van der Waals surface area contributed by atoms with E-state index in [2.05, 4.69) is 6.92 Å². The van der Waals surface area contributed by atoms with Crippen LogP contribution in [0.3, 0.4) is 0 Å². The third kappa shape index (κ3) is 3.77. The predicted octanol–water partition coefficient (Wildman–Crippen LogP) is 3.65. The summed E-state index contributed by atoms with van der Waals surface area (Å²) in [7, 11) is 0. The average molecular weight is 405 g/mol. The van der Waals surface area contributed by atoms with E-state index in [1.165, 1.54) is 17.0 Å². The molecule has 1 heterocycles. The van der Waals surface area contributed by atoms with Crippen molar-refractivity contribution in [2.75, 3.05) is 11.5 Å². The van der Waals surface area contributed by atoms with E-state index in [1.807, 2.05) is 0 Å². The first kappa shape index (κ1) is 20.0. The Balaban J connectivity index is 1.41. The highest BCUT2D eigenvalue weighted by Crippen LogP contribution is 2.42. The molecule has 3 atom stereocenters. The number of esters is 1. The van der Waals surface area contributed by atoms with Crippen LogP contribution < -0.4 is 4.90 Å². The molecule has 0 unspecified atom stereocenters. The van der Waals surface area contributed by atoms with Crippen LogP contribution in [0.5, 0.6) is 0 Å². The van der Waals surface area contributed by atoms with Crippen molar-refractivity contribution < 1.29 is 23.9 Å². The summed E-state index contributed by atoms with van der Waals surface area (Å²) >= 11 is 0. The minimum Gasteiger partial charge on any atom is -0.454 e. The number of ether oxygens (including phenoxy) is 1. The third-order valence-electron chi connectivity index (χ3n) is 5.98. The van der Waals surface area contributed by atoms with Gasteiger partial charge in [0, 0.05) is 5.56 Å². The predicted molar refractivity (Wildman–Crippen MR) is 110 cm³/mol. The van der Waals surface area contributed by atoms with Crippen LogP contribution >= 0.6 is 0 Å². The van der Waals surface area contributed by atoms with Gasteiger partial charge in [0.15, 0.2) is 12.4 Å². The molecule has 2 aromatic rings. The zero-order valence-electron chi connectivity index (χ0n) is 16.7. The number of carbonyl (C=O) groups excluding carboxylic acids is 4. The number of hydrogen-bond donors (Lipinski definition) is 0. The molecule has 2 fully saturated rings.